The largest absolute Gasteiger partial charge is 0.483 e. The van der Waals surface area contributed by atoms with Crippen LogP contribution in [0.2, 0.25) is 0 Å². The molecule has 2 N–H and O–H groups in total. The highest BCUT2D eigenvalue weighted by molar-refractivity contribution is 9.10. The molecule has 0 unspecified atom stereocenters. The molecule has 2 aliphatic rings. The third-order valence-electron chi connectivity index (χ3n) is 7.31. The lowest BCUT2D eigenvalue weighted by Crippen LogP contribution is -2.32. The molecule has 0 radical (unpaired) electrons. The number of rotatable bonds is 7. The number of nitro benzene ring substituents is 1. The van der Waals surface area contributed by atoms with Gasteiger partial charge in [0.2, 0.25) is 11.8 Å². The van der Waals surface area contributed by atoms with E-state index in [4.69, 9.17) is 4.74 Å². The van der Waals surface area contributed by atoms with Crippen molar-refractivity contribution in [2.75, 3.05) is 16.8 Å². The van der Waals surface area contributed by atoms with E-state index in [-0.39, 0.29) is 17.1 Å². The number of imide groups is 1. The fourth-order valence-corrected chi connectivity index (χ4v) is 8.28. The number of anilines is 2. The number of nitrogens with zero attached hydrogens (tertiary/aromatic N) is 2. The molecular formula is C29H18BrF3N4O7S2. The maximum atomic E-state index is 14.0. The maximum Gasteiger partial charge on any atom is 0.418 e. The number of aromatic nitrogens is 1. The number of non-ortho nitro benzene ring substituents is 1. The number of ether oxygens (including phenoxy) is 1. The lowest BCUT2D eigenvalue weighted by atomic mass is 9.82. The molecule has 11 nitrogen and oxygen atoms in total. The van der Waals surface area contributed by atoms with Crippen LogP contribution in [0.4, 0.5) is 30.2 Å². The summed E-state index contributed by atoms with van der Waals surface area (Å²) in [5, 5.41) is 12.7. The van der Waals surface area contributed by atoms with Gasteiger partial charge in [-0.3, -0.25) is 29.3 Å². The Morgan fingerprint density at radius 1 is 1.07 bits per heavy atom. The van der Waals surface area contributed by atoms with Crippen molar-refractivity contribution in [3.63, 3.8) is 0 Å². The van der Waals surface area contributed by atoms with Crippen LogP contribution in [0.1, 0.15) is 21.9 Å². The van der Waals surface area contributed by atoms with Crippen molar-refractivity contribution in [2.24, 2.45) is 5.92 Å². The molecule has 236 valence electrons. The van der Waals surface area contributed by atoms with Gasteiger partial charge in [0.15, 0.2) is 6.61 Å². The van der Waals surface area contributed by atoms with Crippen LogP contribution in [0.3, 0.4) is 0 Å². The number of benzene rings is 3. The molecule has 3 atom stereocenters. The summed E-state index contributed by atoms with van der Waals surface area (Å²) in [6.45, 7) is -0.700. The zero-order valence-electron chi connectivity index (χ0n) is 22.9. The Labute approximate surface area is 273 Å². The molecule has 1 aromatic heterocycles. The SMILES string of the molecule is O=C(COc1ccc(Br)cc1[C@@H]1c2sc(=O)[nH]c2S[C@H]2C(=O)N(c3ccc([N+](=O)[O-])cc3)C(=O)[C@@H]12)Nc1ccccc1C(F)(F)F. The molecule has 3 amide bonds. The van der Waals surface area contributed by atoms with Crippen molar-refractivity contribution in [3.8, 4) is 5.75 Å². The summed E-state index contributed by atoms with van der Waals surface area (Å²) in [7, 11) is 0. The van der Waals surface area contributed by atoms with E-state index in [1.165, 1.54) is 42.5 Å². The maximum absolute atomic E-state index is 14.0. The van der Waals surface area contributed by atoms with Crippen LogP contribution in [0, 0.1) is 16.0 Å². The van der Waals surface area contributed by atoms with Gasteiger partial charge < -0.3 is 15.0 Å². The number of alkyl halides is 3. The topological polar surface area (TPSA) is 152 Å². The predicted octanol–water partition coefficient (Wildman–Crippen LogP) is 5.94. The Kier molecular flexibility index (Phi) is 8.24. The van der Waals surface area contributed by atoms with Crippen LogP contribution in [0.15, 0.2) is 81.0 Å². The second-order valence-electron chi connectivity index (χ2n) is 10.1. The van der Waals surface area contributed by atoms with Crippen molar-refractivity contribution >= 4 is 73.8 Å². The second-order valence-corrected chi connectivity index (χ2v) is 13.2. The summed E-state index contributed by atoms with van der Waals surface area (Å²) in [5.41, 5.74) is -1.23. The van der Waals surface area contributed by atoms with Crippen molar-refractivity contribution < 1.29 is 37.2 Å². The molecule has 0 bridgehead atoms. The number of nitro groups is 1. The number of thioether (sulfide) groups is 1. The number of para-hydroxylation sites is 1. The molecule has 0 aliphatic carbocycles. The average molecular weight is 736 g/mol. The Bertz CT molecular complexity index is 1970. The first-order valence-corrected chi connectivity index (χ1v) is 15.7. The van der Waals surface area contributed by atoms with Crippen LogP contribution in [-0.2, 0) is 20.6 Å². The van der Waals surface area contributed by atoms with Gasteiger partial charge in [-0.15, -0.1) is 0 Å². The van der Waals surface area contributed by atoms with Crippen LogP contribution >= 0.6 is 39.0 Å². The molecular weight excluding hydrogens is 717 g/mol. The van der Waals surface area contributed by atoms with Crippen LogP contribution in [-0.4, -0.2) is 39.5 Å². The summed E-state index contributed by atoms with van der Waals surface area (Å²) in [6.07, 6.45) is -4.71. The molecule has 1 saturated heterocycles. The van der Waals surface area contributed by atoms with E-state index in [0.717, 1.165) is 40.1 Å². The Morgan fingerprint density at radius 3 is 2.48 bits per heavy atom. The van der Waals surface area contributed by atoms with Gasteiger partial charge in [0.25, 0.3) is 11.6 Å². The highest BCUT2D eigenvalue weighted by atomic mass is 79.9. The normalized spacial score (nSPS) is 19.0. The summed E-state index contributed by atoms with van der Waals surface area (Å²) in [5.74, 6) is -3.94. The van der Waals surface area contributed by atoms with E-state index < -0.39 is 68.6 Å². The molecule has 0 spiro atoms. The zero-order chi connectivity index (χ0) is 32.9. The van der Waals surface area contributed by atoms with Crippen molar-refractivity contribution in [1.29, 1.82) is 0 Å². The van der Waals surface area contributed by atoms with Gasteiger partial charge in [-0.25, -0.2) is 4.90 Å². The summed E-state index contributed by atoms with van der Waals surface area (Å²) in [4.78, 5) is 67.1. The summed E-state index contributed by atoms with van der Waals surface area (Å²) >= 11 is 5.27. The fraction of sp³-hybridized carbons (Fsp3) is 0.172. The van der Waals surface area contributed by atoms with E-state index >= 15 is 0 Å². The van der Waals surface area contributed by atoms with Crippen LogP contribution < -0.4 is 19.8 Å². The first-order valence-electron chi connectivity index (χ1n) is 13.2. The second kappa shape index (κ2) is 12.0. The number of fused-ring (bicyclic) bond motifs is 2. The van der Waals surface area contributed by atoms with E-state index in [0.29, 0.717) is 19.9 Å². The van der Waals surface area contributed by atoms with Gasteiger partial charge in [-0.2, -0.15) is 13.2 Å². The van der Waals surface area contributed by atoms with Crippen LogP contribution in [0.25, 0.3) is 0 Å². The molecule has 2 aliphatic heterocycles. The van der Waals surface area contributed by atoms with Gasteiger partial charge in [0.1, 0.15) is 11.0 Å². The van der Waals surface area contributed by atoms with Gasteiger partial charge in [-0.05, 0) is 42.5 Å². The zero-order valence-corrected chi connectivity index (χ0v) is 26.1. The molecule has 3 heterocycles. The molecule has 6 rings (SSSR count). The minimum atomic E-state index is -4.71. The minimum absolute atomic E-state index is 0.0962. The minimum Gasteiger partial charge on any atom is -0.483 e. The Balaban J connectivity index is 1.34. The van der Waals surface area contributed by atoms with E-state index in [9.17, 15) is 42.5 Å². The molecule has 4 aromatic rings. The molecule has 1 fully saturated rings. The number of amides is 3. The number of carbonyl (C=O) groups excluding carboxylic acids is 3. The standard InChI is InChI=1S/C29H18BrF3N4O7S2/c30-13-5-10-19(44-12-20(38)34-18-4-2-1-3-17(18)29(31,32)33)16(11-13)21-22-24(45-25-23(21)46-28(41)35-25)27(40)36(26(22)39)14-6-8-15(9-7-14)37(42)43/h1-11,21-22,24H,12H2,(H,34,38)(H,35,41)/t21-,22-,24+/m0/s1. The fourth-order valence-electron chi connectivity index (χ4n) is 5.39. The number of hydrogen-bond acceptors (Lipinski definition) is 9. The third kappa shape index (κ3) is 5.80. The highest BCUT2D eigenvalue weighted by Crippen LogP contribution is 2.55. The monoisotopic (exact) mass is 734 g/mol. The van der Waals surface area contributed by atoms with E-state index in [1.54, 1.807) is 12.1 Å². The van der Waals surface area contributed by atoms with Crippen molar-refractivity contribution in [3.05, 3.63) is 107 Å². The lowest BCUT2D eigenvalue weighted by Gasteiger charge is -2.31. The van der Waals surface area contributed by atoms with Gasteiger partial charge in [0.05, 0.1) is 32.8 Å². The van der Waals surface area contributed by atoms with Crippen molar-refractivity contribution in [1.82, 2.24) is 4.98 Å². The van der Waals surface area contributed by atoms with Crippen molar-refractivity contribution in [2.45, 2.75) is 22.4 Å². The third-order valence-corrected chi connectivity index (χ3v) is 10.2. The van der Waals surface area contributed by atoms with E-state index in [1.807, 2.05) is 0 Å². The quantitative estimate of drug-likeness (QED) is 0.135. The van der Waals surface area contributed by atoms with Gasteiger partial charge in [0, 0.05) is 33.0 Å². The van der Waals surface area contributed by atoms with Gasteiger partial charge >= 0.3 is 11.0 Å². The molecule has 46 heavy (non-hydrogen) atoms. The molecule has 3 aromatic carbocycles. The highest BCUT2D eigenvalue weighted by Gasteiger charge is 2.57. The van der Waals surface area contributed by atoms with Crippen LogP contribution in [0.5, 0.6) is 5.75 Å². The first kappa shape index (κ1) is 31.5. The number of hydrogen-bond donors (Lipinski definition) is 2. The number of thiazole rings is 1. The molecule has 17 heteroatoms. The summed E-state index contributed by atoms with van der Waals surface area (Å²) in [6, 6.07) is 14.1. The smallest absolute Gasteiger partial charge is 0.418 e. The molecule has 0 saturated carbocycles. The number of halogens is 4. The van der Waals surface area contributed by atoms with Gasteiger partial charge in [-0.1, -0.05) is 51.2 Å². The number of nitrogens with one attached hydrogen (secondary N) is 2. The summed E-state index contributed by atoms with van der Waals surface area (Å²) < 4.78 is 46.6. The van der Waals surface area contributed by atoms with E-state index in [2.05, 4.69) is 26.2 Å². The first-order chi connectivity index (χ1) is 21.8. The number of carbonyl (C=O) groups is 3. The lowest BCUT2D eigenvalue weighted by molar-refractivity contribution is -0.384. The number of H-pyrrole nitrogens is 1. The Morgan fingerprint density at radius 2 is 1.78 bits per heavy atom. The number of aromatic amines is 1. The average Bonchev–Trinajstić information content (AvgIpc) is 3.50. The Hall–Kier alpha value is -4.48. The predicted molar refractivity (Wildman–Crippen MR) is 165 cm³/mol.